The third-order valence-corrected chi connectivity index (χ3v) is 4.17. The quantitative estimate of drug-likeness (QED) is 0.870. The second-order valence-electron chi connectivity index (χ2n) is 5.82. The van der Waals surface area contributed by atoms with E-state index < -0.39 is 0 Å². The molecule has 7 nitrogen and oxygen atoms in total. The van der Waals surface area contributed by atoms with Gasteiger partial charge in [-0.2, -0.15) is 0 Å². The maximum atomic E-state index is 13.2. The second-order valence-corrected chi connectivity index (χ2v) is 5.82. The molecule has 1 aromatic heterocycles. The van der Waals surface area contributed by atoms with Gasteiger partial charge in [0.2, 0.25) is 0 Å². The van der Waals surface area contributed by atoms with Crippen molar-refractivity contribution in [2.45, 2.75) is 25.1 Å². The normalized spacial score (nSPS) is 20.5. The number of amides is 1. The van der Waals surface area contributed by atoms with Gasteiger partial charge in [0.15, 0.2) is 5.69 Å². The smallest absolute Gasteiger partial charge is 0.276 e. The molecular formula is C16H19FN4O3. The van der Waals surface area contributed by atoms with E-state index in [9.17, 15) is 14.3 Å². The van der Waals surface area contributed by atoms with Crippen molar-refractivity contribution in [3.63, 3.8) is 0 Å². The molecule has 1 aliphatic heterocycles. The van der Waals surface area contributed by atoms with Gasteiger partial charge in [-0.15, -0.1) is 5.10 Å². The molecule has 8 heteroatoms. The Hall–Kier alpha value is -2.32. The molecule has 2 atom stereocenters. The van der Waals surface area contributed by atoms with Crippen molar-refractivity contribution in [3.05, 3.63) is 47.5 Å². The fourth-order valence-corrected chi connectivity index (χ4v) is 2.91. The van der Waals surface area contributed by atoms with Crippen molar-refractivity contribution in [3.8, 4) is 0 Å². The molecule has 1 N–H and O–H groups in total. The summed E-state index contributed by atoms with van der Waals surface area (Å²) in [5, 5.41) is 17.3. The van der Waals surface area contributed by atoms with Crippen LogP contribution in [0.2, 0.25) is 0 Å². The van der Waals surface area contributed by atoms with Gasteiger partial charge in [0.25, 0.3) is 5.91 Å². The predicted octanol–water partition coefficient (Wildman–Crippen LogP) is 0.687. The highest BCUT2D eigenvalue weighted by molar-refractivity contribution is 5.92. The minimum absolute atomic E-state index is 0.0894. The van der Waals surface area contributed by atoms with Crippen molar-refractivity contribution in [2.24, 2.45) is 0 Å². The van der Waals surface area contributed by atoms with E-state index >= 15 is 0 Å². The van der Waals surface area contributed by atoms with E-state index in [1.165, 1.54) is 23.0 Å². The largest absolute Gasteiger partial charge is 0.394 e. The Balaban J connectivity index is 1.71. The number of aromatic nitrogens is 3. The molecular weight excluding hydrogens is 315 g/mol. The number of benzene rings is 1. The van der Waals surface area contributed by atoms with Crippen LogP contribution in [-0.2, 0) is 11.3 Å². The van der Waals surface area contributed by atoms with Crippen LogP contribution in [-0.4, -0.2) is 63.3 Å². The summed E-state index contributed by atoms with van der Waals surface area (Å²) in [6, 6.07) is 5.89. The number of carbonyl (C=O) groups is 1. The summed E-state index contributed by atoms with van der Waals surface area (Å²) in [7, 11) is 1.59. The number of aliphatic hydroxyl groups is 1. The topological polar surface area (TPSA) is 80.5 Å². The Morgan fingerprint density at radius 3 is 3.04 bits per heavy atom. The molecule has 0 radical (unpaired) electrons. The van der Waals surface area contributed by atoms with Crippen molar-refractivity contribution >= 4 is 5.91 Å². The summed E-state index contributed by atoms with van der Waals surface area (Å²) in [6.45, 7) is 0.614. The van der Waals surface area contributed by atoms with Gasteiger partial charge in [-0.3, -0.25) is 4.79 Å². The molecule has 3 rings (SSSR count). The van der Waals surface area contributed by atoms with E-state index in [1.54, 1.807) is 24.1 Å². The lowest BCUT2D eigenvalue weighted by Gasteiger charge is -2.21. The number of hydrogen-bond acceptors (Lipinski definition) is 5. The van der Waals surface area contributed by atoms with Gasteiger partial charge >= 0.3 is 0 Å². The van der Waals surface area contributed by atoms with E-state index in [-0.39, 0.29) is 36.2 Å². The molecule has 128 valence electrons. The zero-order valence-corrected chi connectivity index (χ0v) is 13.3. The SMILES string of the molecule is CO[C@@H]1C[C@@H](CO)N(C(=O)c2cn(Cc3cccc(F)c3)nn2)C1. The second kappa shape index (κ2) is 7.06. The Kier molecular flexibility index (Phi) is 4.86. The van der Waals surface area contributed by atoms with Crippen LogP contribution in [0.5, 0.6) is 0 Å². The number of methoxy groups -OCH3 is 1. The minimum Gasteiger partial charge on any atom is -0.394 e. The van der Waals surface area contributed by atoms with E-state index in [0.29, 0.717) is 19.5 Å². The average Bonchev–Trinajstić information content (AvgIpc) is 3.20. The summed E-state index contributed by atoms with van der Waals surface area (Å²) < 4.78 is 20.0. The summed E-state index contributed by atoms with van der Waals surface area (Å²) >= 11 is 0. The van der Waals surface area contributed by atoms with Crippen LogP contribution in [0, 0.1) is 5.82 Å². The monoisotopic (exact) mass is 334 g/mol. The van der Waals surface area contributed by atoms with Crippen molar-refractivity contribution in [1.82, 2.24) is 19.9 Å². The molecule has 1 saturated heterocycles. The first-order valence-corrected chi connectivity index (χ1v) is 7.70. The van der Waals surface area contributed by atoms with Crippen molar-refractivity contribution in [1.29, 1.82) is 0 Å². The first-order valence-electron chi connectivity index (χ1n) is 7.70. The highest BCUT2D eigenvalue weighted by Crippen LogP contribution is 2.21. The third-order valence-electron chi connectivity index (χ3n) is 4.17. The van der Waals surface area contributed by atoms with E-state index in [1.807, 2.05) is 0 Å². The summed E-state index contributed by atoms with van der Waals surface area (Å²) in [5.41, 5.74) is 0.925. The van der Waals surface area contributed by atoms with Crippen LogP contribution in [0.25, 0.3) is 0 Å². The molecule has 1 aromatic carbocycles. The van der Waals surface area contributed by atoms with Crippen LogP contribution in [0.4, 0.5) is 4.39 Å². The third kappa shape index (κ3) is 3.44. The molecule has 0 saturated carbocycles. The van der Waals surface area contributed by atoms with E-state index in [0.717, 1.165) is 5.56 Å². The fraction of sp³-hybridized carbons (Fsp3) is 0.438. The summed E-state index contributed by atoms with van der Waals surface area (Å²) in [6.07, 6.45) is 2.03. The zero-order valence-electron chi connectivity index (χ0n) is 13.3. The standard InChI is InChI=1S/C16H19FN4O3/c1-24-14-6-13(10-22)21(8-14)16(23)15-9-20(19-18-15)7-11-3-2-4-12(17)5-11/h2-5,9,13-14,22H,6-8,10H2,1H3/t13-,14+/m0/s1. The average molecular weight is 334 g/mol. The lowest BCUT2D eigenvalue weighted by molar-refractivity contribution is 0.0642. The number of nitrogens with zero attached hydrogens (tertiary/aromatic N) is 4. The molecule has 0 spiro atoms. The Morgan fingerprint density at radius 1 is 1.50 bits per heavy atom. The highest BCUT2D eigenvalue weighted by Gasteiger charge is 2.36. The molecule has 2 aromatic rings. The molecule has 2 heterocycles. The number of ether oxygens (including phenoxy) is 1. The molecule has 24 heavy (non-hydrogen) atoms. The number of hydrogen-bond donors (Lipinski definition) is 1. The van der Waals surface area contributed by atoms with Gasteiger partial charge in [0.05, 0.1) is 31.5 Å². The number of aliphatic hydroxyl groups excluding tert-OH is 1. The van der Waals surface area contributed by atoms with E-state index in [4.69, 9.17) is 4.74 Å². The maximum absolute atomic E-state index is 13.2. The maximum Gasteiger partial charge on any atom is 0.276 e. The van der Waals surface area contributed by atoms with Crippen LogP contribution in [0.1, 0.15) is 22.5 Å². The summed E-state index contributed by atoms with van der Waals surface area (Å²) in [4.78, 5) is 14.1. The molecule has 1 amide bonds. The molecule has 1 fully saturated rings. The van der Waals surface area contributed by atoms with Gasteiger partial charge in [0.1, 0.15) is 5.82 Å². The van der Waals surface area contributed by atoms with Crippen molar-refractivity contribution < 1.29 is 19.0 Å². The van der Waals surface area contributed by atoms with Crippen LogP contribution in [0.15, 0.2) is 30.5 Å². The zero-order chi connectivity index (χ0) is 17.1. The first kappa shape index (κ1) is 16.5. The van der Waals surface area contributed by atoms with Crippen LogP contribution >= 0.6 is 0 Å². The Labute approximate surface area is 138 Å². The van der Waals surface area contributed by atoms with Gasteiger partial charge in [-0.1, -0.05) is 17.3 Å². The number of halogens is 1. The lowest BCUT2D eigenvalue weighted by Crippen LogP contribution is -2.38. The fourth-order valence-electron chi connectivity index (χ4n) is 2.91. The highest BCUT2D eigenvalue weighted by atomic mass is 19.1. The van der Waals surface area contributed by atoms with Crippen molar-refractivity contribution in [2.75, 3.05) is 20.3 Å². The van der Waals surface area contributed by atoms with Crippen LogP contribution < -0.4 is 0 Å². The van der Waals surface area contributed by atoms with Gasteiger partial charge in [0, 0.05) is 13.7 Å². The van der Waals surface area contributed by atoms with E-state index in [2.05, 4.69) is 10.3 Å². The molecule has 0 bridgehead atoms. The predicted molar refractivity (Wildman–Crippen MR) is 82.8 cm³/mol. The van der Waals surface area contributed by atoms with Gasteiger partial charge in [-0.05, 0) is 24.1 Å². The Bertz CT molecular complexity index is 721. The number of rotatable bonds is 5. The number of likely N-dealkylation sites (tertiary alicyclic amines) is 1. The first-order chi connectivity index (χ1) is 11.6. The summed E-state index contributed by atoms with van der Waals surface area (Å²) in [5.74, 6) is -0.614. The van der Waals surface area contributed by atoms with Gasteiger partial charge < -0.3 is 14.7 Å². The molecule has 1 aliphatic rings. The van der Waals surface area contributed by atoms with Gasteiger partial charge in [-0.25, -0.2) is 9.07 Å². The lowest BCUT2D eigenvalue weighted by atomic mass is 10.2. The van der Waals surface area contributed by atoms with Crippen LogP contribution in [0.3, 0.4) is 0 Å². The minimum atomic E-state index is -0.322. The Morgan fingerprint density at radius 2 is 2.33 bits per heavy atom. The molecule has 0 unspecified atom stereocenters. The molecule has 0 aliphatic carbocycles. The number of carbonyl (C=O) groups excluding carboxylic acids is 1.